The molecule has 0 spiro atoms. The molecule has 0 fully saturated rings. The van der Waals surface area contributed by atoms with Crippen molar-refractivity contribution < 1.29 is 19.8 Å². The summed E-state index contributed by atoms with van der Waals surface area (Å²) in [6.07, 6.45) is 1.78. The van der Waals surface area contributed by atoms with Gasteiger partial charge < -0.3 is 15.5 Å². The van der Waals surface area contributed by atoms with Crippen LogP contribution in [-0.4, -0.2) is 32.6 Å². The van der Waals surface area contributed by atoms with Crippen LogP contribution in [0.25, 0.3) is 0 Å². The Labute approximate surface area is 126 Å². The number of aliphatic carboxylic acids is 1. The number of rotatable bonds is 3. The normalized spacial score (nSPS) is 15.1. The number of aromatic hydroxyl groups is 1. The minimum Gasteiger partial charge on any atom is -0.505 e. The van der Waals surface area contributed by atoms with E-state index in [0.717, 1.165) is 11.1 Å². The molecule has 6 nitrogen and oxygen atoms in total. The third kappa shape index (κ3) is 2.28. The molecule has 1 aromatic heterocycles. The molecule has 0 aliphatic heterocycles. The fourth-order valence-electron chi connectivity index (χ4n) is 2.76. The Morgan fingerprint density at radius 2 is 1.73 bits per heavy atom. The Balaban J connectivity index is 1.90. The fraction of sp³-hybridized carbons (Fsp3) is 0.188. The number of carboxylic acids is 1. The maximum absolute atomic E-state index is 12.3. The van der Waals surface area contributed by atoms with Crippen molar-refractivity contribution in [3.8, 4) is 5.75 Å². The number of hydrogen-bond donors (Lipinski definition) is 3. The summed E-state index contributed by atoms with van der Waals surface area (Å²) in [6, 6.07) is 10.2. The number of carboxylic acid groups (broad SMARTS) is 1. The number of nitrogens with zero attached hydrogens (tertiary/aromatic N) is 1. The van der Waals surface area contributed by atoms with E-state index in [2.05, 4.69) is 10.3 Å². The zero-order chi connectivity index (χ0) is 15.7. The minimum absolute atomic E-state index is 0.181. The van der Waals surface area contributed by atoms with Crippen LogP contribution in [0.2, 0.25) is 0 Å². The van der Waals surface area contributed by atoms with E-state index in [1.54, 1.807) is 0 Å². The number of benzene rings is 1. The number of hydrogen-bond acceptors (Lipinski definition) is 4. The van der Waals surface area contributed by atoms with Gasteiger partial charge in [-0.15, -0.1) is 0 Å². The lowest BCUT2D eigenvalue weighted by molar-refractivity contribution is -0.144. The second-order valence-corrected chi connectivity index (χ2v) is 5.33. The molecular weight excluding hydrogens is 284 g/mol. The highest BCUT2D eigenvalue weighted by atomic mass is 16.4. The highest BCUT2D eigenvalue weighted by molar-refractivity contribution is 5.98. The maximum Gasteiger partial charge on any atom is 0.330 e. The second-order valence-electron chi connectivity index (χ2n) is 5.33. The quantitative estimate of drug-likeness (QED) is 0.789. The van der Waals surface area contributed by atoms with E-state index < -0.39 is 17.4 Å². The van der Waals surface area contributed by atoms with Gasteiger partial charge in [0.25, 0.3) is 5.91 Å². The van der Waals surface area contributed by atoms with Crippen LogP contribution in [-0.2, 0) is 17.6 Å². The van der Waals surface area contributed by atoms with Crippen molar-refractivity contribution in [3.05, 3.63) is 59.4 Å². The first-order chi connectivity index (χ1) is 10.5. The molecule has 3 rings (SSSR count). The number of fused-ring (bicyclic) bond motifs is 1. The number of pyridine rings is 1. The van der Waals surface area contributed by atoms with Gasteiger partial charge in [-0.05, 0) is 23.3 Å². The van der Waals surface area contributed by atoms with E-state index in [0.29, 0.717) is 0 Å². The van der Waals surface area contributed by atoms with Crippen molar-refractivity contribution in [1.29, 1.82) is 0 Å². The number of amides is 1. The number of carbonyl (C=O) groups excluding carboxylic acids is 1. The number of nitrogens with one attached hydrogen (secondary N) is 1. The largest absolute Gasteiger partial charge is 0.505 e. The summed E-state index contributed by atoms with van der Waals surface area (Å²) in [5.41, 5.74) is 0.204. The van der Waals surface area contributed by atoms with Crippen molar-refractivity contribution in [2.75, 3.05) is 0 Å². The van der Waals surface area contributed by atoms with Crippen LogP contribution in [0, 0.1) is 0 Å². The molecule has 0 atom stereocenters. The Kier molecular flexibility index (Phi) is 3.29. The molecule has 1 aliphatic carbocycles. The third-order valence-corrected chi connectivity index (χ3v) is 3.87. The van der Waals surface area contributed by atoms with Gasteiger partial charge in [-0.1, -0.05) is 24.3 Å². The van der Waals surface area contributed by atoms with Gasteiger partial charge in [0.1, 0.15) is 11.3 Å². The monoisotopic (exact) mass is 298 g/mol. The first-order valence-electron chi connectivity index (χ1n) is 6.78. The van der Waals surface area contributed by atoms with Crippen LogP contribution in [0.1, 0.15) is 21.6 Å². The second kappa shape index (κ2) is 5.14. The fourth-order valence-corrected chi connectivity index (χ4v) is 2.76. The van der Waals surface area contributed by atoms with E-state index in [4.69, 9.17) is 0 Å². The molecule has 0 radical (unpaired) electrons. The highest BCUT2D eigenvalue weighted by Crippen LogP contribution is 2.31. The van der Waals surface area contributed by atoms with Gasteiger partial charge in [0, 0.05) is 19.0 Å². The van der Waals surface area contributed by atoms with Crippen LogP contribution in [0.3, 0.4) is 0 Å². The van der Waals surface area contributed by atoms with Gasteiger partial charge >= 0.3 is 5.97 Å². The van der Waals surface area contributed by atoms with Crippen LogP contribution in [0.4, 0.5) is 0 Å². The molecule has 0 unspecified atom stereocenters. The zero-order valence-electron chi connectivity index (χ0n) is 11.6. The molecule has 2 aromatic rings. The van der Waals surface area contributed by atoms with E-state index in [-0.39, 0.29) is 24.3 Å². The molecule has 0 saturated heterocycles. The van der Waals surface area contributed by atoms with E-state index >= 15 is 0 Å². The predicted molar refractivity (Wildman–Crippen MR) is 77.6 cm³/mol. The first-order valence-corrected chi connectivity index (χ1v) is 6.78. The van der Waals surface area contributed by atoms with Crippen LogP contribution in [0.15, 0.2) is 42.6 Å². The Morgan fingerprint density at radius 1 is 1.09 bits per heavy atom. The minimum atomic E-state index is -1.41. The van der Waals surface area contributed by atoms with Crippen LogP contribution < -0.4 is 5.32 Å². The van der Waals surface area contributed by atoms with Gasteiger partial charge in [-0.2, -0.15) is 0 Å². The SMILES string of the molecule is O=C(NC1(C(=O)O)Cc2ccccc2C1)c1ncccc1O. The van der Waals surface area contributed by atoms with Crippen molar-refractivity contribution in [2.45, 2.75) is 18.4 Å². The smallest absolute Gasteiger partial charge is 0.330 e. The van der Waals surface area contributed by atoms with Crippen molar-refractivity contribution >= 4 is 11.9 Å². The van der Waals surface area contributed by atoms with Crippen molar-refractivity contribution in [1.82, 2.24) is 10.3 Å². The summed E-state index contributed by atoms with van der Waals surface area (Å²) in [4.78, 5) is 27.8. The molecular formula is C16H14N2O4. The van der Waals surface area contributed by atoms with E-state index in [1.165, 1.54) is 18.3 Å². The zero-order valence-corrected chi connectivity index (χ0v) is 11.6. The molecule has 1 amide bonds. The lowest BCUT2D eigenvalue weighted by Gasteiger charge is -2.25. The summed E-state index contributed by atoms with van der Waals surface area (Å²) in [5.74, 6) is -2.09. The molecule has 22 heavy (non-hydrogen) atoms. The first kappa shape index (κ1) is 14.1. The Hall–Kier alpha value is -2.89. The van der Waals surface area contributed by atoms with Gasteiger partial charge in [0.2, 0.25) is 0 Å². The van der Waals surface area contributed by atoms with Crippen LogP contribution in [0.5, 0.6) is 5.75 Å². The highest BCUT2D eigenvalue weighted by Gasteiger charge is 2.45. The average Bonchev–Trinajstić information content (AvgIpc) is 2.87. The Bertz CT molecular complexity index is 732. The van der Waals surface area contributed by atoms with E-state index in [9.17, 15) is 19.8 Å². The summed E-state index contributed by atoms with van der Waals surface area (Å²) in [5, 5.41) is 21.8. The summed E-state index contributed by atoms with van der Waals surface area (Å²) < 4.78 is 0. The topological polar surface area (TPSA) is 99.5 Å². The van der Waals surface area contributed by atoms with Gasteiger partial charge in [-0.3, -0.25) is 4.79 Å². The third-order valence-electron chi connectivity index (χ3n) is 3.87. The summed E-state index contributed by atoms with van der Waals surface area (Å²) >= 11 is 0. The molecule has 0 bridgehead atoms. The molecule has 6 heteroatoms. The lowest BCUT2D eigenvalue weighted by atomic mass is 9.95. The van der Waals surface area contributed by atoms with Crippen molar-refractivity contribution in [2.24, 2.45) is 0 Å². The summed E-state index contributed by atoms with van der Waals surface area (Å²) in [7, 11) is 0. The average molecular weight is 298 g/mol. The molecule has 0 saturated carbocycles. The van der Waals surface area contributed by atoms with Gasteiger partial charge in [-0.25, -0.2) is 9.78 Å². The van der Waals surface area contributed by atoms with Crippen LogP contribution >= 0.6 is 0 Å². The van der Waals surface area contributed by atoms with E-state index in [1.807, 2.05) is 24.3 Å². The molecule has 112 valence electrons. The number of carbonyl (C=O) groups is 2. The van der Waals surface area contributed by atoms with Gasteiger partial charge in [0.05, 0.1) is 0 Å². The van der Waals surface area contributed by atoms with Crippen molar-refractivity contribution in [3.63, 3.8) is 0 Å². The lowest BCUT2D eigenvalue weighted by Crippen LogP contribution is -2.55. The predicted octanol–water partition coefficient (Wildman–Crippen LogP) is 1.14. The standard InChI is InChI=1S/C16H14N2O4/c19-12-6-3-7-17-13(12)14(20)18-16(15(21)22)8-10-4-1-2-5-11(10)9-16/h1-7,19H,8-9H2,(H,18,20)(H,21,22). The molecule has 3 N–H and O–H groups in total. The number of aromatic nitrogens is 1. The molecule has 1 aromatic carbocycles. The molecule has 1 heterocycles. The Morgan fingerprint density at radius 3 is 2.27 bits per heavy atom. The van der Waals surface area contributed by atoms with Gasteiger partial charge in [0.15, 0.2) is 5.69 Å². The molecule has 1 aliphatic rings. The maximum atomic E-state index is 12.3. The summed E-state index contributed by atoms with van der Waals surface area (Å²) in [6.45, 7) is 0.